The molecule has 2 fully saturated rings. The fraction of sp³-hybridized carbons (Fsp3) is 0.280. The Hall–Kier alpha value is -3.43. The molecule has 1 aromatic carbocycles. The minimum absolute atomic E-state index is 0.302. The highest BCUT2D eigenvalue weighted by molar-refractivity contribution is 8.18. The normalized spacial score (nSPS) is 21.6. The van der Waals surface area contributed by atoms with Gasteiger partial charge in [0.25, 0.3) is 11.1 Å². The Labute approximate surface area is 201 Å². The molecule has 1 saturated carbocycles. The van der Waals surface area contributed by atoms with Crippen molar-refractivity contribution in [2.75, 3.05) is 5.32 Å². The van der Waals surface area contributed by atoms with Gasteiger partial charge in [-0.2, -0.15) is 0 Å². The van der Waals surface area contributed by atoms with Crippen LogP contribution < -0.4 is 16.0 Å². The minimum Gasteiger partial charge on any atom is -0.472 e. The first-order valence-electron chi connectivity index (χ1n) is 11.3. The Kier molecular flexibility index (Phi) is 6.73. The van der Waals surface area contributed by atoms with Crippen molar-refractivity contribution in [2.24, 2.45) is 0 Å². The Morgan fingerprint density at radius 2 is 1.94 bits per heavy atom. The second kappa shape index (κ2) is 10.2. The van der Waals surface area contributed by atoms with Gasteiger partial charge in [0.05, 0.1) is 23.1 Å². The van der Waals surface area contributed by atoms with E-state index in [2.05, 4.69) is 50.2 Å². The molecule has 174 valence electrons. The summed E-state index contributed by atoms with van der Waals surface area (Å²) < 4.78 is 5.20. The van der Waals surface area contributed by atoms with Crippen LogP contribution in [0.2, 0.25) is 0 Å². The maximum Gasteiger partial charge on any atom is 0.290 e. The minimum atomic E-state index is -0.387. The van der Waals surface area contributed by atoms with Crippen LogP contribution in [0.1, 0.15) is 36.9 Å². The highest BCUT2D eigenvalue weighted by atomic mass is 32.2. The summed E-state index contributed by atoms with van der Waals surface area (Å²) in [6.07, 6.45) is 10.9. The largest absolute Gasteiger partial charge is 0.472 e. The third kappa shape index (κ3) is 5.55. The molecule has 2 aliphatic rings. The predicted molar refractivity (Wildman–Crippen MR) is 132 cm³/mol. The molecule has 9 heteroatoms. The van der Waals surface area contributed by atoms with Gasteiger partial charge in [0.1, 0.15) is 0 Å². The van der Waals surface area contributed by atoms with Crippen LogP contribution in [0.5, 0.6) is 0 Å². The summed E-state index contributed by atoms with van der Waals surface area (Å²) in [5.41, 5.74) is 4.11. The lowest BCUT2D eigenvalue weighted by molar-refractivity contribution is -0.115. The van der Waals surface area contributed by atoms with Gasteiger partial charge in [0.2, 0.25) is 5.95 Å². The van der Waals surface area contributed by atoms with Crippen LogP contribution >= 0.6 is 11.8 Å². The summed E-state index contributed by atoms with van der Waals surface area (Å²) >= 11 is 0.883. The van der Waals surface area contributed by atoms with E-state index in [1.54, 1.807) is 30.9 Å². The van der Waals surface area contributed by atoms with Gasteiger partial charge in [-0.15, -0.1) is 0 Å². The standard InChI is InChI=1S/C25H25N5O3S/c31-23-22(34-25(32)30-23)13-21-8-10-26-24(29-21)28-20-6-4-19(5-7-20)27-14-16-2-1-3-17(12-16)18-9-11-33-15-18/h1-3,8-13,15,19-20,27H,4-7,14H2,(H,26,28,29)(H,30,31,32)/b22-13-/t19-,20-. The molecule has 1 aliphatic carbocycles. The Morgan fingerprint density at radius 3 is 2.71 bits per heavy atom. The number of carbonyl (C=O) groups is 2. The molecular weight excluding hydrogens is 450 g/mol. The van der Waals surface area contributed by atoms with E-state index in [0.717, 1.165) is 55.1 Å². The molecule has 3 N–H and O–H groups in total. The first-order chi connectivity index (χ1) is 16.6. The summed E-state index contributed by atoms with van der Waals surface area (Å²) in [6.45, 7) is 0.836. The summed E-state index contributed by atoms with van der Waals surface area (Å²) in [4.78, 5) is 32.2. The lowest BCUT2D eigenvalue weighted by Crippen LogP contribution is -2.36. The number of amides is 2. The van der Waals surface area contributed by atoms with E-state index >= 15 is 0 Å². The number of thioether (sulfide) groups is 1. The smallest absolute Gasteiger partial charge is 0.290 e. The summed E-state index contributed by atoms with van der Waals surface area (Å²) in [5, 5.41) is 9.00. The molecule has 1 aliphatic heterocycles. The fourth-order valence-corrected chi connectivity index (χ4v) is 4.92. The summed E-state index contributed by atoms with van der Waals surface area (Å²) in [5.74, 6) is 0.152. The van der Waals surface area contributed by atoms with E-state index in [1.165, 1.54) is 5.56 Å². The molecule has 2 amide bonds. The van der Waals surface area contributed by atoms with Crippen LogP contribution in [-0.2, 0) is 11.3 Å². The van der Waals surface area contributed by atoms with Crippen LogP contribution in [0, 0.1) is 0 Å². The Bertz CT molecular complexity index is 1200. The molecule has 3 heterocycles. The van der Waals surface area contributed by atoms with Crippen LogP contribution in [0.25, 0.3) is 17.2 Å². The quantitative estimate of drug-likeness (QED) is 0.426. The number of nitrogens with zero attached hydrogens (tertiary/aromatic N) is 2. The molecule has 0 bridgehead atoms. The molecule has 1 saturated heterocycles. The average molecular weight is 476 g/mol. The first-order valence-corrected chi connectivity index (χ1v) is 12.1. The van der Waals surface area contributed by atoms with Crippen LogP contribution in [-0.4, -0.2) is 33.2 Å². The molecule has 0 unspecified atom stereocenters. The van der Waals surface area contributed by atoms with Crippen molar-refractivity contribution < 1.29 is 14.0 Å². The molecule has 8 nitrogen and oxygen atoms in total. The molecule has 3 aromatic rings. The van der Waals surface area contributed by atoms with Crippen molar-refractivity contribution in [3.63, 3.8) is 0 Å². The van der Waals surface area contributed by atoms with Crippen molar-refractivity contribution in [2.45, 2.75) is 44.3 Å². The number of nitrogens with one attached hydrogen (secondary N) is 3. The number of benzene rings is 1. The van der Waals surface area contributed by atoms with E-state index in [0.29, 0.717) is 28.6 Å². The summed E-state index contributed by atoms with van der Waals surface area (Å²) in [6, 6.07) is 13.0. The van der Waals surface area contributed by atoms with Gasteiger partial charge in [0.15, 0.2) is 0 Å². The van der Waals surface area contributed by atoms with E-state index in [9.17, 15) is 9.59 Å². The highest BCUT2D eigenvalue weighted by Crippen LogP contribution is 2.26. The van der Waals surface area contributed by atoms with Gasteiger partial charge < -0.3 is 15.1 Å². The van der Waals surface area contributed by atoms with Crippen LogP contribution in [0.3, 0.4) is 0 Å². The van der Waals surface area contributed by atoms with Crippen molar-refractivity contribution in [3.8, 4) is 11.1 Å². The third-order valence-electron chi connectivity index (χ3n) is 6.03. The number of imide groups is 1. The fourth-order valence-electron chi connectivity index (χ4n) is 4.25. The topological polar surface area (TPSA) is 109 Å². The van der Waals surface area contributed by atoms with Crippen LogP contribution in [0.15, 0.2) is 64.4 Å². The highest BCUT2D eigenvalue weighted by Gasteiger charge is 2.25. The van der Waals surface area contributed by atoms with E-state index in [1.807, 2.05) is 6.07 Å². The molecule has 34 heavy (non-hydrogen) atoms. The van der Waals surface area contributed by atoms with Gasteiger partial charge in [-0.05, 0) is 72.8 Å². The molecule has 0 atom stereocenters. The maximum absolute atomic E-state index is 11.7. The number of hydrogen-bond acceptors (Lipinski definition) is 8. The van der Waals surface area contributed by atoms with E-state index < -0.39 is 0 Å². The Balaban J connectivity index is 1.11. The van der Waals surface area contributed by atoms with Gasteiger partial charge in [0, 0.05) is 30.4 Å². The molecule has 0 spiro atoms. The average Bonchev–Trinajstić information content (AvgIpc) is 3.49. The van der Waals surface area contributed by atoms with Crippen molar-refractivity contribution >= 4 is 34.9 Å². The number of carbonyl (C=O) groups excluding carboxylic acids is 2. The zero-order chi connectivity index (χ0) is 23.3. The lowest BCUT2D eigenvalue weighted by atomic mass is 9.91. The first kappa shape index (κ1) is 22.4. The third-order valence-corrected chi connectivity index (χ3v) is 6.85. The number of hydrogen-bond donors (Lipinski definition) is 3. The lowest BCUT2D eigenvalue weighted by Gasteiger charge is -2.30. The predicted octanol–water partition coefficient (Wildman–Crippen LogP) is 4.57. The number of furan rings is 1. The number of rotatable bonds is 7. The molecule has 2 aromatic heterocycles. The van der Waals surface area contributed by atoms with Crippen LogP contribution in [0.4, 0.5) is 10.7 Å². The van der Waals surface area contributed by atoms with Gasteiger partial charge in [-0.3, -0.25) is 14.9 Å². The van der Waals surface area contributed by atoms with Gasteiger partial charge in [-0.25, -0.2) is 9.97 Å². The van der Waals surface area contributed by atoms with Crippen molar-refractivity contribution in [1.29, 1.82) is 0 Å². The number of aromatic nitrogens is 2. The van der Waals surface area contributed by atoms with E-state index in [4.69, 9.17) is 4.42 Å². The zero-order valence-corrected chi connectivity index (χ0v) is 19.3. The SMILES string of the molecule is O=C1NC(=O)/C(=C/c2ccnc(N[C@H]3CC[C@H](NCc4cccc(-c5ccoc5)c4)CC3)n2)S1. The molecular formula is C25H25N5O3S. The van der Waals surface area contributed by atoms with E-state index in [-0.39, 0.29) is 11.1 Å². The van der Waals surface area contributed by atoms with Gasteiger partial charge in [-0.1, -0.05) is 18.2 Å². The second-order valence-electron chi connectivity index (χ2n) is 8.44. The zero-order valence-electron chi connectivity index (χ0n) is 18.5. The molecule has 0 radical (unpaired) electrons. The van der Waals surface area contributed by atoms with Crippen molar-refractivity contribution in [3.05, 3.63) is 71.3 Å². The number of anilines is 1. The van der Waals surface area contributed by atoms with Gasteiger partial charge >= 0.3 is 0 Å². The molecule has 5 rings (SSSR count). The second-order valence-corrected chi connectivity index (χ2v) is 9.46. The monoisotopic (exact) mass is 475 g/mol. The van der Waals surface area contributed by atoms with Crippen molar-refractivity contribution in [1.82, 2.24) is 20.6 Å². The Morgan fingerprint density at radius 1 is 1.09 bits per heavy atom. The summed E-state index contributed by atoms with van der Waals surface area (Å²) in [7, 11) is 0. The maximum atomic E-state index is 11.7.